The smallest absolute Gasteiger partial charge is 0.251 e. The van der Waals surface area contributed by atoms with E-state index in [1.54, 1.807) is 0 Å². The third kappa shape index (κ3) is 5.47. The molecule has 1 fully saturated rings. The van der Waals surface area contributed by atoms with Gasteiger partial charge in [0.05, 0.1) is 4.90 Å². The number of hydrogen-bond acceptors (Lipinski definition) is 5. The first kappa shape index (κ1) is 22.0. The molecule has 1 amide bonds. The van der Waals surface area contributed by atoms with Crippen molar-refractivity contribution in [1.82, 2.24) is 14.9 Å². The number of sulfonamides is 1. The van der Waals surface area contributed by atoms with Crippen LogP contribution in [0.5, 0.6) is 0 Å². The Hall–Kier alpha value is -2.68. The topological polar surface area (TPSA) is 81.7 Å². The highest BCUT2D eigenvalue weighted by Gasteiger charge is 2.18. The molecule has 1 aliphatic rings. The zero-order valence-corrected chi connectivity index (χ0v) is 18.0. The van der Waals surface area contributed by atoms with Crippen LogP contribution in [0.3, 0.4) is 0 Å². The fourth-order valence-corrected chi connectivity index (χ4v) is 4.33. The minimum atomic E-state index is -3.60. The van der Waals surface area contributed by atoms with Crippen molar-refractivity contribution >= 4 is 21.6 Å². The Labute approximate surface area is 178 Å². The minimum Gasteiger partial charge on any atom is -0.369 e. The van der Waals surface area contributed by atoms with Crippen molar-refractivity contribution in [2.75, 3.05) is 44.7 Å². The van der Waals surface area contributed by atoms with Crippen LogP contribution in [0.15, 0.2) is 66.1 Å². The maximum absolute atomic E-state index is 12.6. The first-order valence-electron chi connectivity index (χ1n) is 9.91. The predicted octanol–water partition coefficient (Wildman–Crippen LogP) is 1.83. The van der Waals surface area contributed by atoms with E-state index < -0.39 is 10.0 Å². The van der Waals surface area contributed by atoms with Crippen LogP contribution in [-0.2, 0) is 16.6 Å². The summed E-state index contributed by atoms with van der Waals surface area (Å²) in [6.07, 6.45) is 1.47. The second-order valence-corrected chi connectivity index (χ2v) is 9.03. The first-order valence-corrected chi connectivity index (χ1v) is 11.4. The molecular formula is C22H28N4O3S. The third-order valence-corrected chi connectivity index (χ3v) is 6.56. The van der Waals surface area contributed by atoms with Crippen LogP contribution in [0.2, 0.25) is 0 Å². The number of nitrogens with zero attached hydrogens (tertiary/aromatic N) is 2. The molecule has 2 aromatic carbocycles. The van der Waals surface area contributed by atoms with Crippen molar-refractivity contribution in [3.63, 3.8) is 0 Å². The molecule has 0 atom stereocenters. The summed E-state index contributed by atoms with van der Waals surface area (Å²) in [5, 5.41) is 2.94. The van der Waals surface area contributed by atoms with Gasteiger partial charge in [-0.15, -0.1) is 6.58 Å². The molecule has 0 bridgehead atoms. The molecule has 2 aromatic rings. The van der Waals surface area contributed by atoms with Crippen LogP contribution in [-0.4, -0.2) is 59.0 Å². The molecule has 1 aliphatic heterocycles. The number of hydrogen-bond donors (Lipinski definition) is 2. The number of para-hydroxylation sites is 1. The Kier molecular flexibility index (Phi) is 7.25. The van der Waals surface area contributed by atoms with Gasteiger partial charge in [0.2, 0.25) is 10.0 Å². The van der Waals surface area contributed by atoms with Crippen molar-refractivity contribution in [1.29, 1.82) is 0 Å². The summed E-state index contributed by atoms with van der Waals surface area (Å²) in [4.78, 5) is 17.3. The van der Waals surface area contributed by atoms with E-state index in [-0.39, 0.29) is 17.3 Å². The molecule has 2 N–H and O–H groups in total. The van der Waals surface area contributed by atoms with Crippen LogP contribution in [0.4, 0.5) is 5.69 Å². The molecule has 3 rings (SSSR count). The van der Waals surface area contributed by atoms with Crippen molar-refractivity contribution in [2.24, 2.45) is 0 Å². The number of rotatable bonds is 8. The normalized spacial score (nSPS) is 15.0. The second kappa shape index (κ2) is 9.88. The SMILES string of the molecule is C=CCNS(=O)(=O)c1ccc(C(=O)NCc2ccccc2N2CCN(C)CC2)cc1. The Morgan fingerprint density at radius 3 is 2.40 bits per heavy atom. The molecular weight excluding hydrogens is 400 g/mol. The van der Waals surface area contributed by atoms with Crippen molar-refractivity contribution in [2.45, 2.75) is 11.4 Å². The molecule has 1 saturated heterocycles. The summed E-state index contributed by atoms with van der Waals surface area (Å²) in [6, 6.07) is 14.0. The van der Waals surface area contributed by atoms with Gasteiger partial charge in [-0.05, 0) is 42.9 Å². The summed E-state index contributed by atoms with van der Waals surface area (Å²) in [5.74, 6) is -0.244. The highest BCUT2D eigenvalue weighted by Crippen LogP contribution is 2.22. The molecule has 0 spiro atoms. The lowest BCUT2D eigenvalue weighted by molar-refractivity contribution is 0.0951. The summed E-state index contributed by atoms with van der Waals surface area (Å²) in [6.45, 7) is 7.98. The summed E-state index contributed by atoms with van der Waals surface area (Å²) < 4.78 is 26.7. The number of amides is 1. The Morgan fingerprint density at radius 2 is 1.73 bits per heavy atom. The molecule has 0 aliphatic carbocycles. The van der Waals surface area contributed by atoms with Crippen LogP contribution in [0.25, 0.3) is 0 Å². The number of anilines is 1. The quantitative estimate of drug-likeness (QED) is 0.627. The van der Waals surface area contributed by atoms with E-state index in [2.05, 4.69) is 39.5 Å². The van der Waals surface area contributed by atoms with Gasteiger partial charge < -0.3 is 15.1 Å². The van der Waals surface area contributed by atoms with Crippen molar-refractivity contribution in [3.05, 3.63) is 72.3 Å². The monoisotopic (exact) mass is 428 g/mol. The Bertz CT molecular complexity index is 982. The zero-order valence-electron chi connectivity index (χ0n) is 17.2. The lowest BCUT2D eigenvalue weighted by Gasteiger charge is -2.35. The second-order valence-electron chi connectivity index (χ2n) is 7.27. The standard InChI is InChI=1S/C22H28N4O3S/c1-3-12-24-30(28,29)20-10-8-18(9-11-20)22(27)23-17-19-6-4-5-7-21(19)26-15-13-25(2)14-16-26/h3-11,24H,1,12-17H2,2H3,(H,23,27). The molecule has 0 saturated carbocycles. The fraction of sp³-hybridized carbons (Fsp3) is 0.318. The molecule has 160 valence electrons. The zero-order chi connectivity index (χ0) is 21.6. The largest absolute Gasteiger partial charge is 0.369 e. The number of benzene rings is 2. The maximum atomic E-state index is 12.6. The van der Waals surface area contributed by atoms with Gasteiger partial charge in [0, 0.05) is 50.5 Å². The average molecular weight is 429 g/mol. The Morgan fingerprint density at radius 1 is 1.07 bits per heavy atom. The van der Waals surface area contributed by atoms with E-state index in [0.717, 1.165) is 37.4 Å². The van der Waals surface area contributed by atoms with E-state index in [9.17, 15) is 13.2 Å². The highest BCUT2D eigenvalue weighted by molar-refractivity contribution is 7.89. The maximum Gasteiger partial charge on any atom is 0.251 e. The van der Waals surface area contributed by atoms with Crippen LogP contribution in [0.1, 0.15) is 15.9 Å². The van der Waals surface area contributed by atoms with Gasteiger partial charge in [-0.3, -0.25) is 4.79 Å². The molecule has 1 heterocycles. The van der Waals surface area contributed by atoms with Gasteiger partial charge in [0.15, 0.2) is 0 Å². The minimum absolute atomic E-state index is 0.112. The van der Waals surface area contributed by atoms with E-state index in [1.807, 2.05) is 18.2 Å². The van der Waals surface area contributed by atoms with Gasteiger partial charge in [0.1, 0.15) is 0 Å². The first-order chi connectivity index (χ1) is 14.4. The molecule has 8 heteroatoms. The van der Waals surface area contributed by atoms with Gasteiger partial charge in [0.25, 0.3) is 5.91 Å². The average Bonchev–Trinajstić information content (AvgIpc) is 2.77. The van der Waals surface area contributed by atoms with Gasteiger partial charge in [-0.1, -0.05) is 24.3 Å². The number of likely N-dealkylation sites (N-methyl/N-ethyl adjacent to an activating group) is 1. The highest BCUT2D eigenvalue weighted by atomic mass is 32.2. The summed E-state index contributed by atoms with van der Waals surface area (Å²) in [5.41, 5.74) is 2.61. The van der Waals surface area contributed by atoms with Gasteiger partial charge in [-0.25, -0.2) is 13.1 Å². The molecule has 0 aromatic heterocycles. The van der Waals surface area contributed by atoms with Crippen molar-refractivity contribution < 1.29 is 13.2 Å². The molecule has 0 unspecified atom stereocenters. The predicted molar refractivity (Wildman–Crippen MR) is 119 cm³/mol. The number of nitrogens with one attached hydrogen (secondary N) is 2. The number of carbonyl (C=O) groups excluding carboxylic acids is 1. The van der Waals surface area contributed by atoms with E-state index in [4.69, 9.17) is 0 Å². The summed E-state index contributed by atoms with van der Waals surface area (Å²) >= 11 is 0. The lowest BCUT2D eigenvalue weighted by Crippen LogP contribution is -2.45. The molecule has 0 radical (unpaired) electrons. The number of carbonyl (C=O) groups is 1. The van der Waals surface area contributed by atoms with Gasteiger partial charge in [-0.2, -0.15) is 0 Å². The van der Waals surface area contributed by atoms with E-state index in [0.29, 0.717) is 12.1 Å². The third-order valence-electron chi connectivity index (χ3n) is 5.12. The molecule has 30 heavy (non-hydrogen) atoms. The van der Waals surface area contributed by atoms with E-state index >= 15 is 0 Å². The lowest BCUT2D eigenvalue weighted by atomic mass is 10.1. The summed E-state index contributed by atoms with van der Waals surface area (Å²) in [7, 11) is -1.48. The fourth-order valence-electron chi connectivity index (χ4n) is 3.33. The van der Waals surface area contributed by atoms with Crippen LogP contribution in [0, 0.1) is 0 Å². The van der Waals surface area contributed by atoms with E-state index in [1.165, 1.54) is 30.3 Å². The van der Waals surface area contributed by atoms with Crippen LogP contribution < -0.4 is 14.9 Å². The molecule has 7 nitrogen and oxygen atoms in total. The number of piperazine rings is 1. The van der Waals surface area contributed by atoms with Gasteiger partial charge >= 0.3 is 0 Å². The Balaban J connectivity index is 1.64. The van der Waals surface area contributed by atoms with Crippen LogP contribution >= 0.6 is 0 Å². The van der Waals surface area contributed by atoms with Crippen molar-refractivity contribution in [3.8, 4) is 0 Å².